The summed E-state index contributed by atoms with van der Waals surface area (Å²) >= 11 is 0. The summed E-state index contributed by atoms with van der Waals surface area (Å²) in [5.41, 5.74) is 0.255. The summed E-state index contributed by atoms with van der Waals surface area (Å²) in [5, 5.41) is 0. The van der Waals surface area contributed by atoms with Crippen LogP contribution in [0.4, 0.5) is 0 Å². The summed E-state index contributed by atoms with van der Waals surface area (Å²) in [6.07, 6.45) is 1.40. The third-order valence-electron chi connectivity index (χ3n) is 2.62. The van der Waals surface area contributed by atoms with Gasteiger partial charge in [-0.2, -0.15) is 0 Å². The van der Waals surface area contributed by atoms with Gasteiger partial charge in [0, 0.05) is 0 Å². The monoisotopic (exact) mass is 158 g/mol. The van der Waals surface area contributed by atoms with E-state index in [-0.39, 0.29) is 17.8 Å². The van der Waals surface area contributed by atoms with E-state index in [9.17, 15) is 0 Å². The molecule has 0 amide bonds. The summed E-state index contributed by atoms with van der Waals surface area (Å²) in [7, 11) is 0. The number of rotatable bonds is 2. The van der Waals surface area contributed by atoms with Crippen molar-refractivity contribution in [2.24, 2.45) is 5.41 Å². The van der Waals surface area contributed by atoms with Crippen molar-refractivity contribution in [2.75, 3.05) is 6.61 Å². The summed E-state index contributed by atoms with van der Waals surface area (Å²) in [4.78, 5) is 0. The predicted octanol–water partition coefficient (Wildman–Crippen LogP) is 2.18. The van der Waals surface area contributed by atoms with Crippen LogP contribution in [0.2, 0.25) is 0 Å². The highest BCUT2D eigenvalue weighted by atomic mass is 16.7. The zero-order valence-corrected chi connectivity index (χ0v) is 7.89. The first kappa shape index (κ1) is 9.01. The maximum Gasteiger partial charge on any atom is 0.155 e. The average Bonchev–Trinajstić information content (AvgIpc) is 2.36. The molecule has 1 heterocycles. The van der Waals surface area contributed by atoms with Gasteiger partial charge in [-0.15, -0.1) is 0 Å². The minimum Gasteiger partial charge on any atom is -0.350 e. The summed E-state index contributed by atoms with van der Waals surface area (Å²) in [5.74, 6) is 0. The first-order chi connectivity index (χ1) is 5.06. The zero-order valence-electron chi connectivity index (χ0n) is 7.89. The van der Waals surface area contributed by atoms with E-state index in [2.05, 4.69) is 20.8 Å². The Kier molecular flexibility index (Phi) is 2.55. The van der Waals surface area contributed by atoms with Gasteiger partial charge in [-0.3, -0.25) is 0 Å². The lowest BCUT2D eigenvalue weighted by Gasteiger charge is -2.28. The SMILES string of the molecule is CCC(C)(C)C1COC(C)O1. The van der Waals surface area contributed by atoms with Crippen LogP contribution < -0.4 is 0 Å². The molecule has 0 bridgehead atoms. The molecule has 0 aromatic rings. The molecule has 2 unspecified atom stereocenters. The number of hydrogen-bond donors (Lipinski definition) is 0. The second-order valence-corrected chi connectivity index (χ2v) is 3.87. The topological polar surface area (TPSA) is 18.5 Å². The lowest BCUT2D eigenvalue weighted by atomic mass is 9.84. The van der Waals surface area contributed by atoms with Crippen LogP contribution >= 0.6 is 0 Å². The standard InChI is InChI=1S/C9H18O2/c1-5-9(3,4)8-6-10-7(2)11-8/h7-8H,5-6H2,1-4H3. The molecule has 0 aliphatic carbocycles. The van der Waals surface area contributed by atoms with Crippen molar-refractivity contribution in [3.8, 4) is 0 Å². The second kappa shape index (κ2) is 3.11. The van der Waals surface area contributed by atoms with E-state index in [1.807, 2.05) is 6.92 Å². The molecule has 1 aliphatic rings. The smallest absolute Gasteiger partial charge is 0.155 e. The predicted molar refractivity (Wildman–Crippen MR) is 44.4 cm³/mol. The highest BCUT2D eigenvalue weighted by Crippen LogP contribution is 2.31. The molecule has 1 rings (SSSR count). The fourth-order valence-electron chi connectivity index (χ4n) is 1.17. The Hall–Kier alpha value is -0.0800. The maximum atomic E-state index is 5.59. The fraction of sp³-hybridized carbons (Fsp3) is 1.00. The molecule has 11 heavy (non-hydrogen) atoms. The minimum atomic E-state index is -0.00850. The fourth-order valence-corrected chi connectivity index (χ4v) is 1.17. The molecule has 0 N–H and O–H groups in total. The number of ether oxygens (including phenoxy) is 2. The van der Waals surface area contributed by atoms with Crippen LogP contribution in [0.5, 0.6) is 0 Å². The van der Waals surface area contributed by atoms with Crippen molar-refractivity contribution in [1.82, 2.24) is 0 Å². The van der Waals surface area contributed by atoms with Gasteiger partial charge in [-0.25, -0.2) is 0 Å². The zero-order chi connectivity index (χ0) is 8.48. The van der Waals surface area contributed by atoms with Crippen LogP contribution in [0.15, 0.2) is 0 Å². The van der Waals surface area contributed by atoms with Gasteiger partial charge in [0.15, 0.2) is 6.29 Å². The molecule has 1 aliphatic heterocycles. The Labute approximate surface area is 68.9 Å². The van der Waals surface area contributed by atoms with Gasteiger partial charge in [0.05, 0.1) is 12.7 Å². The highest BCUT2D eigenvalue weighted by Gasteiger charge is 2.34. The third-order valence-corrected chi connectivity index (χ3v) is 2.62. The Balaban J connectivity index is 2.48. The van der Waals surface area contributed by atoms with Crippen LogP contribution in [0.25, 0.3) is 0 Å². The van der Waals surface area contributed by atoms with Gasteiger partial charge in [0.2, 0.25) is 0 Å². The Bertz CT molecular complexity index is 132. The molecule has 0 radical (unpaired) electrons. The van der Waals surface area contributed by atoms with Gasteiger partial charge in [0.1, 0.15) is 0 Å². The van der Waals surface area contributed by atoms with Crippen molar-refractivity contribution in [1.29, 1.82) is 0 Å². The van der Waals surface area contributed by atoms with Gasteiger partial charge in [-0.1, -0.05) is 20.8 Å². The van der Waals surface area contributed by atoms with Crippen LogP contribution in [0.1, 0.15) is 34.1 Å². The molecule has 0 saturated carbocycles. The van der Waals surface area contributed by atoms with E-state index in [4.69, 9.17) is 9.47 Å². The van der Waals surface area contributed by atoms with Crippen molar-refractivity contribution < 1.29 is 9.47 Å². The first-order valence-corrected chi connectivity index (χ1v) is 4.33. The largest absolute Gasteiger partial charge is 0.350 e. The van der Waals surface area contributed by atoms with Gasteiger partial charge in [-0.05, 0) is 18.8 Å². The Morgan fingerprint density at radius 2 is 2.09 bits per heavy atom. The minimum absolute atomic E-state index is 0.00850. The third kappa shape index (κ3) is 1.94. The molecule has 66 valence electrons. The molecule has 0 aromatic heterocycles. The summed E-state index contributed by atoms with van der Waals surface area (Å²) in [6, 6.07) is 0. The lowest BCUT2D eigenvalue weighted by Crippen LogP contribution is -2.30. The van der Waals surface area contributed by atoms with Gasteiger partial charge < -0.3 is 9.47 Å². The Morgan fingerprint density at radius 1 is 1.45 bits per heavy atom. The Morgan fingerprint density at radius 3 is 2.45 bits per heavy atom. The molecule has 0 spiro atoms. The van der Waals surface area contributed by atoms with E-state index < -0.39 is 0 Å². The van der Waals surface area contributed by atoms with Crippen LogP contribution in [-0.4, -0.2) is 19.0 Å². The molecule has 0 aromatic carbocycles. The average molecular weight is 158 g/mol. The molecular weight excluding hydrogens is 140 g/mol. The molecule has 1 fully saturated rings. The number of hydrogen-bond acceptors (Lipinski definition) is 2. The molecule has 1 saturated heterocycles. The maximum absolute atomic E-state index is 5.59. The normalized spacial score (nSPS) is 32.7. The van der Waals surface area contributed by atoms with Gasteiger partial charge >= 0.3 is 0 Å². The van der Waals surface area contributed by atoms with Crippen LogP contribution in [0, 0.1) is 5.41 Å². The quantitative estimate of drug-likeness (QED) is 0.613. The molecule has 2 nitrogen and oxygen atoms in total. The van der Waals surface area contributed by atoms with Crippen LogP contribution in [0.3, 0.4) is 0 Å². The molecular formula is C9H18O2. The first-order valence-electron chi connectivity index (χ1n) is 4.33. The van der Waals surface area contributed by atoms with Gasteiger partial charge in [0.25, 0.3) is 0 Å². The van der Waals surface area contributed by atoms with Crippen molar-refractivity contribution in [3.63, 3.8) is 0 Å². The summed E-state index contributed by atoms with van der Waals surface area (Å²) < 4.78 is 10.9. The van der Waals surface area contributed by atoms with Crippen molar-refractivity contribution in [2.45, 2.75) is 46.5 Å². The van der Waals surface area contributed by atoms with E-state index in [0.717, 1.165) is 13.0 Å². The van der Waals surface area contributed by atoms with E-state index in [0.29, 0.717) is 0 Å². The van der Waals surface area contributed by atoms with E-state index in [1.165, 1.54) is 0 Å². The van der Waals surface area contributed by atoms with Crippen molar-refractivity contribution in [3.05, 3.63) is 0 Å². The summed E-state index contributed by atoms with van der Waals surface area (Å²) in [6.45, 7) is 9.33. The van der Waals surface area contributed by atoms with E-state index >= 15 is 0 Å². The molecule has 2 heteroatoms. The van der Waals surface area contributed by atoms with E-state index in [1.54, 1.807) is 0 Å². The van der Waals surface area contributed by atoms with Crippen molar-refractivity contribution >= 4 is 0 Å². The molecule has 2 atom stereocenters. The highest BCUT2D eigenvalue weighted by molar-refractivity contribution is 4.80. The second-order valence-electron chi connectivity index (χ2n) is 3.87. The van der Waals surface area contributed by atoms with Crippen LogP contribution in [-0.2, 0) is 9.47 Å². The lowest BCUT2D eigenvalue weighted by molar-refractivity contribution is -0.0659.